The SMILES string of the molecule is CC(C)CCSc1c(F)cccc1CNC1CC1. The highest BCUT2D eigenvalue weighted by molar-refractivity contribution is 7.99. The van der Waals surface area contributed by atoms with Crippen molar-refractivity contribution in [3.05, 3.63) is 29.6 Å². The van der Waals surface area contributed by atoms with Gasteiger partial charge < -0.3 is 5.32 Å². The fourth-order valence-corrected chi connectivity index (χ4v) is 3.12. The van der Waals surface area contributed by atoms with E-state index in [1.165, 1.54) is 12.8 Å². The van der Waals surface area contributed by atoms with Crippen LogP contribution < -0.4 is 5.32 Å². The van der Waals surface area contributed by atoms with Crippen molar-refractivity contribution in [2.75, 3.05) is 5.75 Å². The van der Waals surface area contributed by atoms with Crippen LogP contribution >= 0.6 is 11.8 Å². The summed E-state index contributed by atoms with van der Waals surface area (Å²) in [4.78, 5) is 0.839. The first-order valence-corrected chi connectivity index (χ1v) is 7.79. The molecule has 0 bridgehead atoms. The zero-order valence-corrected chi connectivity index (χ0v) is 12.0. The Morgan fingerprint density at radius 3 is 2.83 bits per heavy atom. The number of rotatable bonds is 7. The van der Waals surface area contributed by atoms with Gasteiger partial charge in [0, 0.05) is 17.5 Å². The topological polar surface area (TPSA) is 12.0 Å². The third-order valence-corrected chi connectivity index (χ3v) is 4.33. The second-order valence-corrected chi connectivity index (χ2v) is 6.52. The summed E-state index contributed by atoms with van der Waals surface area (Å²) in [5.41, 5.74) is 1.11. The van der Waals surface area contributed by atoms with Crippen molar-refractivity contribution in [1.82, 2.24) is 5.32 Å². The van der Waals surface area contributed by atoms with E-state index < -0.39 is 0 Å². The molecule has 2 rings (SSSR count). The third-order valence-electron chi connectivity index (χ3n) is 3.15. The van der Waals surface area contributed by atoms with E-state index in [1.807, 2.05) is 12.1 Å². The van der Waals surface area contributed by atoms with Gasteiger partial charge in [0.1, 0.15) is 5.82 Å². The van der Waals surface area contributed by atoms with Crippen molar-refractivity contribution in [1.29, 1.82) is 0 Å². The molecule has 1 aliphatic rings. The molecular weight excluding hydrogens is 245 g/mol. The molecule has 1 nitrogen and oxygen atoms in total. The lowest BCUT2D eigenvalue weighted by molar-refractivity contribution is 0.587. The number of hydrogen-bond acceptors (Lipinski definition) is 2. The smallest absolute Gasteiger partial charge is 0.137 e. The minimum absolute atomic E-state index is 0.0705. The molecule has 0 amide bonds. The Balaban J connectivity index is 1.95. The number of hydrogen-bond donors (Lipinski definition) is 1. The largest absolute Gasteiger partial charge is 0.310 e. The molecule has 0 unspecified atom stereocenters. The molecule has 100 valence electrons. The van der Waals surface area contributed by atoms with Gasteiger partial charge in [-0.25, -0.2) is 4.39 Å². The molecule has 1 fully saturated rings. The van der Waals surface area contributed by atoms with E-state index in [0.29, 0.717) is 12.0 Å². The molecular formula is C15H22FNS. The number of nitrogens with one attached hydrogen (secondary N) is 1. The van der Waals surface area contributed by atoms with Crippen LogP contribution in [0, 0.1) is 11.7 Å². The highest BCUT2D eigenvalue weighted by Crippen LogP contribution is 2.28. The molecule has 0 radical (unpaired) electrons. The lowest BCUT2D eigenvalue weighted by atomic mass is 10.2. The van der Waals surface area contributed by atoms with Gasteiger partial charge in [-0.1, -0.05) is 26.0 Å². The first kappa shape index (κ1) is 13.9. The Morgan fingerprint density at radius 1 is 1.39 bits per heavy atom. The molecule has 3 heteroatoms. The maximum absolute atomic E-state index is 13.9. The zero-order valence-electron chi connectivity index (χ0n) is 11.2. The van der Waals surface area contributed by atoms with E-state index in [4.69, 9.17) is 0 Å². The second kappa shape index (κ2) is 6.58. The van der Waals surface area contributed by atoms with Crippen LogP contribution in [0.25, 0.3) is 0 Å². The van der Waals surface area contributed by atoms with Crippen LogP contribution in [0.15, 0.2) is 23.1 Å². The minimum Gasteiger partial charge on any atom is -0.310 e. The summed E-state index contributed by atoms with van der Waals surface area (Å²) in [6.45, 7) is 5.21. The fourth-order valence-electron chi connectivity index (χ4n) is 1.79. The van der Waals surface area contributed by atoms with Gasteiger partial charge in [0.2, 0.25) is 0 Å². The second-order valence-electron chi connectivity index (χ2n) is 5.41. The van der Waals surface area contributed by atoms with Gasteiger partial charge in [-0.15, -0.1) is 11.8 Å². The van der Waals surface area contributed by atoms with E-state index in [1.54, 1.807) is 17.8 Å². The lowest BCUT2D eigenvalue weighted by Gasteiger charge is -2.11. The van der Waals surface area contributed by atoms with Crippen LogP contribution in [0.3, 0.4) is 0 Å². The average molecular weight is 267 g/mol. The normalized spacial score (nSPS) is 15.3. The monoisotopic (exact) mass is 267 g/mol. The molecule has 0 spiro atoms. The van der Waals surface area contributed by atoms with E-state index in [-0.39, 0.29) is 5.82 Å². The molecule has 1 N–H and O–H groups in total. The molecule has 18 heavy (non-hydrogen) atoms. The van der Waals surface area contributed by atoms with Gasteiger partial charge in [-0.2, -0.15) is 0 Å². The highest BCUT2D eigenvalue weighted by atomic mass is 32.2. The predicted octanol–water partition coefficient (Wildman–Crippen LogP) is 4.22. The molecule has 0 aliphatic heterocycles. The molecule has 1 aliphatic carbocycles. The van der Waals surface area contributed by atoms with Gasteiger partial charge in [-0.3, -0.25) is 0 Å². The van der Waals surface area contributed by atoms with Crippen LogP contribution in [0.1, 0.15) is 38.7 Å². The maximum Gasteiger partial charge on any atom is 0.137 e. The van der Waals surface area contributed by atoms with Crippen molar-refractivity contribution in [2.45, 2.75) is 50.6 Å². The Labute approximate surface area is 114 Å². The number of halogens is 1. The minimum atomic E-state index is -0.0705. The quantitative estimate of drug-likeness (QED) is 0.742. The van der Waals surface area contributed by atoms with E-state index in [9.17, 15) is 4.39 Å². The summed E-state index contributed by atoms with van der Waals surface area (Å²) in [5, 5.41) is 3.46. The Hall–Kier alpha value is -0.540. The molecule has 0 heterocycles. The summed E-state index contributed by atoms with van der Waals surface area (Å²) < 4.78 is 13.9. The summed E-state index contributed by atoms with van der Waals surface area (Å²) >= 11 is 1.66. The van der Waals surface area contributed by atoms with Crippen molar-refractivity contribution < 1.29 is 4.39 Å². The van der Waals surface area contributed by atoms with Gasteiger partial charge in [0.25, 0.3) is 0 Å². The Bertz CT molecular complexity index is 388. The van der Waals surface area contributed by atoms with Crippen molar-refractivity contribution in [3.8, 4) is 0 Å². The van der Waals surface area contributed by atoms with Crippen molar-refractivity contribution in [2.24, 2.45) is 5.92 Å². The molecule has 1 aromatic rings. The van der Waals surface area contributed by atoms with Crippen molar-refractivity contribution in [3.63, 3.8) is 0 Å². The molecule has 0 atom stereocenters. The van der Waals surface area contributed by atoms with Crippen LogP contribution in [-0.2, 0) is 6.54 Å². The zero-order chi connectivity index (χ0) is 13.0. The summed E-state index contributed by atoms with van der Waals surface area (Å²) in [6, 6.07) is 6.09. The van der Waals surface area contributed by atoms with E-state index in [0.717, 1.165) is 29.2 Å². The molecule has 0 aromatic heterocycles. The van der Waals surface area contributed by atoms with E-state index in [2.05, 4.69) is 19.2 Å². The number of thioether (sulfide) groups is 1. The van der Waals surface area contributed by atoms with Gasteiger partial charge in [0.15, 0.2) is 0 Å². The van der Waals surface area contributed by atoms with Gasteiger partial charge >= 0.3 is 0 Å². The molecule has 0 saturated heterocycles. The first-order chi connectivity index (χ1) is 8.66. The van der Waals surface area contributed by atoms with E-state index >= 15 is 0 Å². The van der Waals surface area contributed by atoms with Gasteiger partial charge in [0.05, 0.1) is 0 Å². The van der Waals surface area contributed by atoms with Gasteiger partial charge in [-0.05, 0) is 42.6 Å². The maximum atomic E-state index is 13.9. The predicted molar refractivity (Wildman–Crippen MR) is 76.4 cm³/mol. The fraction of sp³-hybridized carbons (Fsp3) is 0.600. The van der Waals surface area contributed by atoms with Crippen LogP contribution in [0.4, 0.5) is 4.39 Å². The van der Waals surface area contributed by atoms with Crippen LogP contribution in [-0.4, -0.2) is 11.8 Å². The Morgan fingerprint density at radius 2 is 2.17 bits per heavy atom. The first-order valence-electron chi connectivity index (χ1n) is 6.80. The standard InChI is InChI=1S/C15H22FNS/c1-11(2)8-9-18-15-12(4-3-5-14(15)16)10-17-13-6-7-13/h3-5,11,13,17H,6-10H2,1-2H3. The molecule has 1 aromatic carbocycles. The van der Waals surface area contributed by atoms with Crippen LogP contribution in [0.5, 0.6) is 0 Å². The summed E-state index contributed by atoms with van der Waals surface area (Å²) in [5.74, 6) is 1.60. The summed E-state index contributed by atoms with van der Waals surface area (Å²) in [7, 11) is 0. The van der Waals surface area contributed by atoms with Crippen molar-refractivity contribution >= 4 is 11.8 Å². The number of benzene rings is 1. The summed E-state index contributed by atoms with van der Waals surface area (Å²) in [6.07, 6.45) is 3.67. The third kappa shape index (κ3) is 4.29. The lowest BCUT2D eigenvalue weighted by Crippen LogP contribution is -2.16. The van der Waals surface area contributed by atoms with Crippen LogP contribution in [0.2, 0.25) is 0 Å². The molecule has 1 saturated carbocycles. The highest BCUT2D eigenvalue weighted by Gasteiger charge is 2.20. The Kier molecular flexibility index (Phi) is 5.07. The average Bonchev–Trinajstić information content (AvgIpc) is 3.12.